The predicted molar refractivity (Wildman–Crippen MR) is 91.0 cm³/mol. The van der Waals surface area contributed by atoms with Crippen LogP contribution in [0.2, 0.25) is 0 Å². The maximum absolute atomic E-state index is 12.0. The molecule has 5 heteroatoms. The first-order chi connectivity index (χ1) is 11.5. The average molecular weight is 323 g/mol. The number of benzene rings is 2. The Morgan fingerprint density at radius 2 is 1.83 bits per heavy atom. The van der Waals surface area contributed by atoms with Crippen LogP contribution >= 0.6 is 0 Å². The molecule has 1 heterocycles. The van der Waals surface area contributed by atoms with Crippen LogP contribution in [0.25, 0.3) is 11.0 Å². The van der Waals surface area contributed by atoms with Crippen molar-refractivity contribution in [3.8, 4) is 0 Å². The smallest absolute Gasteiger partial charge is 0.374 e. The first-order valence-electron chi connectivity index (χ1n) is 7.56. The lowest BCUT2D eigenvalue weighted by molar-refractivity contribution is -0.119. The Bertz CT molecular complexity index is 878. The molecule has 5 nitrogen and oxygen atoms in total. The number of fused-ring (bicyclic) bond motifs is 1. The Labute approximate surface area is 139 Å². The van der Waals surface area contributed by atoms with E-state index in [4.69, 9.17) is 9.15 Å². The first-order valence-corrected chi connectivity index (χ1v) is 7.56. The zero-order valence-electron chi connectivity index (χ0n) is 13.5. The summed E-state index contributed by atoms with van der Waals surface area (Å²) in [6.45, 7) is 3.59. The van der Waals surface area contributed by atoms with Crippen LogP contribution in [-0.4, -0.2) is 18.5 Å². The zero-order chi connectivity index (χ0) is 17.1. The number of nitrogens with one attached hydrogen (secondary N) is 1. The zero-order valence-corrected chi connectivity index (χ0v) is 13.5. The fourth-order valence-corrected chi connectivity index (χ4v) is 2.30. The second-order valence-corrected chi connectivity index (χ2v) is 5.57. The average Bonchev–Trinajstić information content (AvgIpc) is 3.00. The van der Waals surface area contributed by atoms with Crippen molar-refractivity contribution in [2.24, 2.45) is 0 Å². The van der Waals surface area contributed by atoms with Crippen molar-refractivity contribution in [2.75, 3.05) is 11.9 Å². The number of furan rings is 1. The van der Waals surface area contributed by atoms with Crippen LogP contribution in [0.1, 0.15) is 21.7 Å². The molecule has 0 aliphatic heterocycles. The van der Waals surface area contributed by atoms with Gasteiger partial charge in [-0.25, -0.2) is 4.79 Å². The highest BCUT2D eigenvalue weighted by Gasteiger charge is 2.15. The lowest BCUT2D eigenvalue weighted by Gasteiger charge is -2.07. The molecule has 122 valence electrons. The molecule has 1 N–H and O–H groups in total. The van der Waals surface area contributed by atoms with Crippen molar-refractivity contribution in [3.63, 3.8) is 0 Å². The van der Waals surface area contributed by atoms with Gasteiger partial charge in [0.15, 0.2) is 6.61 Å². The molecule has 0 atom stereocenters. The number of anilines is 1. The van der Waals surface area contributed by atoms with Gasteiger partial charge in [-0.2, -0.15) is 0 Å². The van der Waals surface area contributed by atoms with Crippen molar-refractivity contribution in [3.05, 3.63) is 65.4 Å². The fourth-order valence-electron chi connectivity index (χ4n) is 2.30. The summed E-state index contributed by atoms with van der Waals surface area (Å²) in [5, 5.41) is 3.51. The van der Waals surface area contributed by atoms with Crippen molar-refractivity contribution in [1.82, 2.24) is 0 Å². The van der Waals surface area contributed by atoms with E-state index in [1.807, 2.05) is 44.2 Å². The Morgan fingerprint density at radius 3 is 2.58 bits per heavy atom. The minimum Gasteiger partial charge on any atom is -0.450 e. The second-order valence-electron chi connectivity index (χ2n) is 5.57. The number of para-hydroxylation sites is 1. The standard InChI is InChI=1S/C19H17NO4/c1-12-7-8-15(9-13(12)2)20-18(21)11-23-19(22)17-10-14-5-3-4-6-16(14)24-17/h3-10H,11H2,1-2H3,(H,20,21). The molecule has 0 unspecified atom stereocenters. The van der Waals surface area contributed by atoms with E-state index in [9.17, 15) is 9.59 Å². The second kappa shape index (κ2) is 6.58. The molecular weight excluding hydrogens is 306 g/mol. The molecule has 0 fully saturated rings. The third-order valence-corrected chi connectivity index (χ3v) is 3.75. The van der Waals surface area contributed by atoms with E-state index in [0.29, 0.717) is 11.3 Å². The van der Waals surface area contributed by atoms with Crippen molar-refractivity contribution in [1.29, 1.82) is 0 Å². The van der Waals surface area contributed by atoms with Gasteiger partial charge in [0.1, 0.15) is 5.58 Å². The van der Waals surface area contributed by atoms with E-state index in [0.717, 1.165) is 16.5 Å². The normalized spacial score (nSPS) is 10.6. The molecule has 1 aromatic heterocycles. The summed E-state index contributed by atoms with van der Waals surface area (Å²) in [6.07, 6.45) is 0. The Morgan fingerprint density at radius 1 is 1.04 bits per heavy atom. The van der Waals surface area contributed by atoms with Crippen LogP contribution in [-0.2, 0) is 9.53 Å². The number of ether oxygens (including phenoxy) is 1. The van der Waals surface area contributed by atoms with Crippen LogP contribution in [0, 0.1) is 13.8 Å². The molecule has 3 aromatic rings. The van der Waals surface area contributed by atoms with Gasteiger partial charge in [-0.1, -0.05) is 24.3 Å². The summed E-state index contributed by atoms with van der Waals surface area (Å²) in [5.41, 5.74) is 3.49. The number of carbonyl (C=O) groups is 2. The highest BCUT2D eigenvalue weighted by atomic mass is 16.5. The molecule has 0 saturated carbocycles. The van der Waals surface area contributed by atoms with E-state index in [-0.39, 0.29) is 12.4 Å². The summed E-state index contributed by atoms with van der Waals surface area (Å²) in [7, 11) is 0. The van der Waals surface area contributed by atoms with Gasteiger partial charge in [0.2, 0.25) is 5.76 Å². The van der Waals surface area contributed by atoms with Crippen LogP contribution in [0.5, 0.6) is 0 Å². The van der Waals surface area contributed by atoms with Gasteiger partial charge < -0.3 is 14.5 Å². The maximum Gasteiger partial charge on any atom is 0.374 e. The number of carbonyl (C=O) groups excluding carboxylic acids is 2. The monoisotopic (exact) mass is 323 g/mol. The number of hydrogen-bond acceptors (Lipinski definition) is 4. The van der Waals surface area contributed by atoms with Crippen LogP contribution in [0.3, 0.4) is 0 Å². The first kappa shape index (κ1) is 15.8. The molecule has 0 bridgehead atoms. The SMILES string of the molecule is Cc1ccc(NC(=O)COC(=O)c2cc3ccccc3o2)cc1C. The Hall–Kier alpha value is -3.08. The largest absolute Gasteiger partial charge is 0.450 e. The summed E-state index contributed by atoms with van der Waals surface area (Å²) < 4.78 is 10.4. The molecule has 3 rings (SSSR count). The third kappa shape index (κ3) is 3.46. The van der Waals surface area contributed by atoms with Gasteiger partial charge in [-0.15, -0.1) is 0 Å². The lowest BCUT2D eigenvalue weighted by Crippen LogP contribution is -2.20. The van der Waals surface area contributed by atoms with E-state index < -0.39 is 11.9 Å². The third-order valence-electron chi connectivity index (χ3n) is 3.75. The predicted octanol–water partition coefficient (Wildman–Crippen LogP) is 3.85. The summed E-state index contributed by atoms with van der Waals surface area (Å²) in [5.74, 6) is -0.987. The number of hydrogen-bond donors (Lipinski definition) is 1. The van der Waals surface area contributed by atoms with E-state index in [1.165, 1.54) is 0 Å². The highest BCUT2D eigenvalue weighted by molar-refractivity contribution is 5.96. The van der Waals surface area contributed by atoms with Gasteiger partial charge in [-0.05, 0) is 49.2 Å². The number of amides is 1. The Balaban J connectivity index is 1.59. The van der Waals surface area contributed by atoms with E-state index in [2.05, 4.69) is 5.32 Å². The fraction of sp³-hybridized carbons (Fsp3) is 0.158. The maximum atomic E-state index is 12.0. The van der Waals surface area contributed by atoms with Crippen molar-refractivity contribution >= 4 is 28.5 Å². The number of esters is 1. The van der Waals surface area contributed by atoms with Gasteiger partial charge in [0.05, 0.1) is 0 Å². The molecule has 0 aliphatic rings. The van der Waals surface area contributed by atoms with Gasteiger partial charge >= 0.3 is 5.97 Å². The number of aryl methyl sites for hydroxylation is 2. The quantitative estimate of drug-likeness (QED) is 0.741. The molecule has 2 aromatic carbocycles. The van der Waals surface area contributed by atoms with Crippen LogP contribution < -0.4 is 5.32 Å². The molecule has 1 amide bonds. The van der Waals surface area contributed by atoms with Gasteiger partial charge in [0.25, 0.3) is 5.91 Å². The molecular formula is C19H17NO4. The minimum atomic E-state index is -0.665. The molecule has 0 aliphatic carbocycles. The highest BCUT2D eigenvalue weighted by Crippen LogP contribution is 2.19. The van der Waals surface area contributed by atoms with E-state index in [1.54, 1.807) is 18.2 Å². The topological polar surface area (TPSA) is 68.5 Å². The molecule has 0 saturated heterocycles. The van der Waals surface area contributed by atoms with Crippen molar-refractivity contribution < 1.29 is 18.7 Å². The molecule has 24 heavy (non-hydrogen) atoms. The summed E-state index contributed by atoms with van der Waals surface area (Å²) in [4.78, 5) is 23.9. The Kier molecular flexibility index (Phi) is 4.33. The summed E-state index contributed by atoms with van der Waals surface area (Å²) >= 11 is 0. The molecule has 0 radical (unpaired) electrons. The number of rotatable bonds is 4. The van der Waals surface area contributed by atoms with Crippen LogP contribution in [0.15, 0.2) is 52.9 Å². The lowest BCUT2D eigenvalue weighted by atomic mass is 10.1. The van der Waals surface area contributed by atoms with E-state index >= 15 is 0 Å². The van der Waals surface area contributed by atoms with Gasteiger partial charge in [0, 0.05) is 11.1 Å². The minimum absolute atomic E-state index is 0.0789. The molecule has 0 spiro atoms. The summed E-state index contributed by atoms with van der Waals surface area (Å²) in [6, 6.07) is 14.5. The van der Waals surface area contributed by atoms with Crippen molar-refractivity contribution in [2.45, 2.75) is 13.8 Å². The van der Waals surface area contributed by atoms with Crippen LogP contribution in [0.4, 0.5) is 5.69 Å². The van der Waals surface area contributed by atoms with Gasteiger partial charge in [-0.3, -0.25) is 4.79 Å².